The second-order valence-electron chi connectivity index (χ2n) is 25.7. The van der Waals surface area contributed by atoms with Crippen LogP contribution in [0.2, 0.25) is 0 Å². The van der Waals surface area contributed by atoms with Gasteiger partial charge in [0.15, 0.2) is 0 Å². The van der Waals surface area contributed by atoms with Crippen molar-refractivity contribution in [3.63, 3.8) is 0 Å². The highest BCUT2D eigenvalue weighted by molar-refractivity contribution is 6.02. The van der Waals surface area contributed by atoms with Crippen LogP contribution in [0.15, 0.2) is 33.5 Å². The quantitative estimate of drug-likeness (QED) is 0.136. The maximum atomic E-state index is 12.3. The summed E-state index contributed by atoms with van der Waals surface area (Å²) in [5, 5.41) is 11.4. The Kier molecular flexibility index (Phi) is 14.1. The minimum atomic E-state index is -0.166. The average Bonchev–Trinajstić information content (AvgIpc) is 3.76. The van der Waals surface area contributed by atoms with Crippen LogP contribution in [-0.2, 0) is 19.1 Å². The van der Waals surface area contributed by atoms with Crippen molar-refractivity contribution in [2.75, 3.05) is 0 Å². The van der Waals surface area contributed by atoms with E-state index in [1.54, 1.807) is 13.8 Å². The van der Waals surface area contributed by atoms with Gasteiger partial charge in [0, 0.05) is 38.5 Å². The molecule has 0 N–H and O–H groups in total. The van der Waals surface area contributed by atoms with E-state index in [-0.39, 0.29) is 35.0 Å². The van der Waals surface area contributed by atoms with Crippen molar-refractivity contribution in [1.82, 2.24) is 0 Å². The van der Waals surface area contributed by atoms with E-state index < -0.39 is 0 Å². The summed E-state index contributed by atoms with van der Waals surface area (Å²) >= 11 is 0. The van der Waals surface area contributed by atoms with Crippen LogP contribution in [-0.4, -0.2) is 35.6 Å². The molecule has 6 nitrogen and oxygen atoms in total. The van der Waals surface area contributed by atoms with Crippen molar-refractivity contribution in [3.8, 4) is 0 Å². The van der Waals surface area contributed by atoms with E-state index in [1.807, 2.05) is 0 Å². The fraction of sp³-hybridized carbons (Fsp3) is 0.862. The Labute approximate surface area is 390 Å². The standard InChI is InChI=1S/C58H92N2O4/c1-35(2)15-13-17-37(5)45-19-21-47-53-49(25-29-57(45,47)11)55(9)27-23-43(63-39(7)61)31-41(55)33-51(53)59-60-52-34-42-32-44(64-40(8)62)24-28-56(42,10)50-26-30-58(12)46(20-22-48(58)54(50)52)38(6)18-14-16-36(3)4/h33-38,43-50,53-54H,13-32H2,1-12H3/b59-51+,60-52?/t37-,38-,43+,44+,45-,46-,47?,48?,49+,50+,53?,54?,55+,56+,57-,58-/m1/s1. The van der Waals surface area contributed by atoms with E-state index in [0.29, 0.717) is 46.3 Å². The Balaban J connectivity index is 1.20. The van der Waals surface area contributed by atoms with Crippen molar-refractivity contribution >= 4 is 23.4 Å². The number of allylic oxidation sites excluding steroid dienone is 2. The molecule has 64 heavy (non-hydrogen) atoms. The van der Waals surface area contributed by atoms with Gasteiger partial charge in [0.05, 0.1) is 11.4 Å². The molecule has 6 saturated carbocycles. The third-order valence-electron chi connectivity index (χ3n) is 21.2. The molecule has 16 atom stereocenters. The molecular formula is C58H92N2O4. The van der Waals surface area contributed by atoms with Crippen molar-refractivity contribution in [3.05, 3.63) is 23.3 Å². The molecule has 0 spiro atoms. The molecule has 0 aromatic rings. The van der Waals surface area contributed by atoms with E-state index in [0.717, 1.165) is 74.0 Å². The number of hydrogen-bond acceptors (Lipinski definition) is 6. The first-order valence-electron chi connectivity index (χ1n) is 27.2. The summed E-state index contributed by atoms with van der Waals surface area (Å²) in [7, 11) is 0. The molecule has 0 amide bonds. The molecule has 6 heteroatoms. The summed E-state index contributed by atoms with van der Waals surface area (Å²) in [5.41, 5.74) is 6.17. The van der Waals surface area contributed by atoms with Crippen LogP contribution in [0.25, 0.3) is 0 Å². The smallest absolute Gasteiger partial charge is 0.302 e. The Morgan fingerprint density at radius 1 is 0.547 bits per heavy atom. The summed E-state index contributed by atoms with van der Waals surface area (Å²) < 4.78 is 11.9. The molecule has 8 aliphatic rings. The van der Waals surface area contributed by atoms with Crippen molar-refractivity contribution in [1.29, 1.82) is 0 Å². The van der Waals surface area contributed by atoms with Gasteiger partial charge in [0.25, 0.3) is 0 Å². The Morgan fingerprint density at radius 2 is 0.938 bits per heavy atom. The minimum absolute atomic E-state index is 0.0571. The zero-order valence-corrected chi connectivity index (χ0v) is 42.9. The molecule has 8 aliphatic carbocycles. The number of rotatable bonds is 13. The number of ether oxygens (including phenoxy) is 2. The minimum Gasteiger partial charge on any atom is -0.462 e. The van der Waals surface area contributed by atoms with Gasteiger partial charge in [-0.2, -0.15) is 10.2 Å². The highest BCUT2D eigenvalue weighted by Crippen LogP contribution is 2.69. The first-order valence-corrected chi connectivity index (χ1v) is 27.2. The zero-order valence-electron chi connectivity index (χ0n) is 42.9. The lowest BCUT2D eigenvalue weighted by atomic mass is 9.46. The van der Waals surface area contributed by atoms with Gasteiger partial charge in [-0.3, -0.25) is 9.59 Å². The van der Waals surface area contributed by atoms with E-state index >= 15 is 0 Å². The molecule has 0 aliphatic heterocycles. The lowest BCUT2D eigenvalue weighted by Gasteiger charge is -2.58. The predicted octanol–water partition coefficient (Wildman–Crippen LogP) is 14.9. The number of carbonyl (C=O) groups excluding carboxylic acids is 2. The largest absolute Gasteiger partial charge is 0.462 e. The van der Waals surface area contributed by atoms with Gasteiger partial charge in [-0.05, 0) is 170 Å². The fourth-order valence-corrected chi connectivity index (χ4v) is 17.8. The van der Waals surface area contributed by atoms with Crippen LogP contribution in [0.3, 0.4) is 0 Å². The molecule has 0 saturated heterocycles. The molecule has 4 unspecified atom stereocenters. The second kappa shape index (κ2) is 18.7. The Hall–Kier alpha value is -2.24. The molecule has 6 fully saturated rings. The van der Waals surface area contributed by atoms with Gasteiger partial charge >= 0.3 is 11.9 Å². The highest BCUT2D eigenvalue weighted by Gasteiger charge is 2.63. The molecule has 8 rings (SSSR count). The molecule has 358 valence electrons. The van der Waals surface area contributed by atoms with Crippen LogP contribution in [0, 0.1) is 92.7 Å². The molecule has 0 aromatic heterocycles. The number of esters is 2. The van der Waals surface area contributed by atoms with Crippen LogP contribution < -0.4 is 0 Å². The molecule has 0 bridgehead atoms. The molecule has 0 radical (unpaired) electrons. The fourth-order valence-electron chi connectivity index (χ4n) is 17.8. The van der Waals surface area contributed by atoms with E-state index in [1.165, 1.54) is 112 Å². The summed E-state index contributed by atoms with van der Waals surface area (Å²) in [4.78, 5) is 24.6. The monoisotopic (exact) mass is 881 g/mol. The number of carbonyl (C=O) groups is 2. The predicted molar refractivity (Wildman–Crippen MR) is 263 cm³/mol. The van der Waals surface area contributed by atoms with Crippen LogP contribution in [0.1, 0.15) is 212 Å². The van der Waals surface area contributed by atoms with Gasteiger partial charge in [-0.1, -0.05) is 119 Å². The number of fused-ring (bicyclic) bond motifs is 10. The summed E-state index contributed by atoms with van der Waals surface area (Å²) in [5.74, 6) is 7.31. The SMILES string of the molecule is CC(=O)O[C@H]1CC[C@@]2(C)C(=CC(=N/N=C3\C=C4C[C@@H](OC(C)=O)CC[C@]4(C)[C@H]4CC[C@@]5(C)C(CC[C@@H]5[C@H](C)CCCC(C)C)C34)C3C4CC[C@H]([C@H](C)CCCC(C)C)[C@@]4(C)CC[C@@H]32)C1. The van der Waals surface area contributed by atoms with Gasteiger partial charge < -0.3 is 9.47 Å². The van der Waals surface area contributed by atoms with E-state index in [4.69, 9.17) is 19.7 Å². The normalized spacial score (nSPS) is 43.6. The lowest BCUT2D eigenvalue weighted by Crippen LogP contribution is -2.54. The van der Waals surface area contributed by atoms with Crippen molar-refractivity contribution < 1.29 is 19.1 Å². The number of hydrogen-bond donors (Lipinski definition) is 0. The third-order valence-corrected chi connectivity index (χ3v) is 21.2. The van der Waals surface area contributed by atoms with Gasteiger partial charge in [-0.25, -0.2) is 0 Å². The van der Waals surface area contributed by atoms with E-state index in [2.05, 4.69) is 81.4 Å². The molecular weight excluding hydrogens is 789 g/mol. The van der Waals surface area contributed by atoms with Gasteiger partial charge in [0.2, 0.25) is 0 Å². The van der Waals surface area contributed by atoms with Crippen molar-refractivity contribution in [2.24, 2.45) is 103 Å². The number of nitrogens with zero attached hydrogens (tertiary/aromatic N) is 2. The summed E-state index contributed by atoms with van der Waals surface area (Å²) in [6.45, 7) is 28.3. The first-order chi connectivity index (χ1) is 30.3. The topological polar surface area (TPSA) is 77.3 Å². The first kappa shape index (κ1) is 48.2. The Morgan fingerprint density at radius 3 is 1.30 bits per heavy atom. The summed E-state index contributed by atoms with van der Waals surface area (Å²) in [6.07, 6.45) is 29.0. The van der Waals surface area contributed by atoms with Gasteiger partial charge in [-0.15, -0.1) is 0 Å². The van der Waals surface area contributed by atoms with E-state index in [9.17, 15) is 9.59 Å². The van der Waals surface area contributed by atoms with Crippen LogP contribution in [0.4, 0.5) is 0 Å². The lowest BCUT2D eigenvalue weighted by molar-refractivity contribution is -0.149. The van der Waals surface area contributed by atoms with Crippen LogP contribution >= 0.6 is 0 Å². The Bertz CT molecular complexity index is 1730. The maximum absolute atomic E-state index is 12.3. The zero-order chi connectivity index (χ0) is 45.9. The molecule has 0 heterocycles. The average molecular weight is 881 g/mol. The van der Waals surface area contributed by atoms with Gasteiger partial charge in [0.1, 0.15) is 12.2 Å². The second-order valence-corrected chi connectivity index (χ2v) is 25.7. The third kappa shape index (κ3) is 8.84. The summed E-state index contributed by atoms with van der Waals surface area (Å²) in [6, 6.07) is 0. The molecule has 0 aromatic carbocycles. The highest BCUT2D eigenvalue weighted by atomic mass is 16.5. The van der Waals surface area contributed by atoms with Crippen molar-refractivity contribution in [2.45, 2.75) is 224 Å². The maximum Gasteiger partial charge on any atom is 0.302 e. The van der Waals surface area contributed by atoms with Crippen LogP contribution in [0.5, 0.6) is 0 Å².